The van der Waals surface area contributed by atoms with Crippen molar-refractivity contribution in [3.05, 3.63) is 182 Å². The van der Waals surface area contributed by atoms with E-state index < -0.39 is 0 Å². The number of hydrogen-bond donors (Lipinski definition) is 0. The smallest absolute Gasteiger partial charge is 0.143 e. The third-order valence-corrected chi connectivity index (χ3v) is 14.1. The molecule has 0 saturated heterocycles. The Bertz CT molecular complexity index is 3920. The zero-order valence-corrected chi connectivity index (χ0v) is 32.0. The Labute approximate surface area is 336 Å². The second-order valence-corrected chi connectivity index (χ2v) is 17.0. The highest BCUT2D eigenvalue weighted by atomic mass is 32.1. The summed E-state index contributed by atoms with van der Waals surface area (Å²) in [5, 5.41) is 17.5. The van der Waals surface area contributed by atoms with E-state index in [9.17, 15) is 0 Å². The number of hydrogen-bond acceptors (Lipinski definition) is 2. The molecular weight excluding hydrogens is 721 g/mol. The van der Waals surface area contributed by atoms with Crippen LogP contribution in [0, 0.1) is 0 Å². The van der Waals surface area contributed by atoms with Gasteiger partial charge in [-0.1, -0.05) is 140 Å². The van der Waals surface area contributed by atoms with Gasteiger partial charge in [-0.25, -0.2) is 0 Å². The Morgan fingerprint density at radius 3 is 1.71 bits per heavy atom. The third kappa shape index (κ3) is 4.04. The zero-order valence-electron chi connectivity index (χ0n) is 31.1. The van der Waals surface area contributed by atoms with Crippen LogP contribution in [0.4, 0.5) is 0 Å². The number of benzene rings is 11. The Hall–Kier alpha value is -7.26. The lowest BCUT2D eigenvalue weighted by Crippen LogP contribution is -1.86. The number of furan rings is 1. The molecule has 0 atom stereocenters. The first-order chi connectivity index (χ1) is 28.7. The van der Waals surface area contributed by atoms with Crippen molar-refractivity contribution in [1.82, 2.24) is 0 Å². The largest absolute Gasteiger partial charge is 0.455 e. The van der Waals surface area contributed by atoms with Crippen molar-refractivity contribution in [2.45, 2.75) is 0 Å². The lowest BCUT2D eigenvalue weighted by molar-refractivity contribution is 0.673. The van der Waals surface area contributed by atoms with Crippen LogP contribution in [-0.2, 0) is 0 Å². The Kier molecular flexibility index (Phi) is 5.96. The minimum Gasteiger partial charge on any atom is -0.455 e. The summed E-state index contributed by atoms with van der Waals surface area (Å²) in [6.07, 6.45) is 0. The van der Waals surface area contributed by atoms with Crippen LogP contribution >= 0.6 is 11.3 Å². The molecule has 266 valence electrons. The maximum atomic E-state index is 6.78. The summed E-state index contributed by atoms with van der Waals surface area (Å²) in [5.74, 6) is 0. The predicted molar refractivity (Wildman–Crippen MR) is 249 cm³/mol. The molecule has 0 fully saturated rings. The molecule has 1 aliphatic rings. The van der Waals surface area contributed by atoms with Gasteiger partial charge in [-0.15, -0.1) is 11.3 Å². The molecule has 2 heterocycles. The number of thiophene rings is 1. The second kappa shape index (κ2) is 11.2. The molecule has 0 amide bonds. The summed E-state index contributed by atoms with van der Waals surface area (Å²) < 4.78 is 9.40. The van der Waals surface area contributed by atoms with Crippen LogP contribution in [0.3, 0.4) is 0 Å². The van der Waals surface area contributed by atoms with Gasteiger partial charge in [0.2, 0.25) is 0 Å². The van der Waals surface area contributed by atoms with Crippen molar-refractivity contribution in [2.24, 2.45) is 0 Å². The van der Waals surface area contributed by atoms with Crippen LogP contribution < -0.4 is 0 Å². The maximum absolute atomic E-state index is 6.78. The number of rotatable bonds is 2. The summed E-state index contributed by atoms with van der Waals surface area (Å²) >= 11 is 1.88. The van der Waals surface area contributed by atoms with Crippen LogP contribution in [0.5, 0.6) is 0 Å². The molecule has 58 heavy (non-hydrogen) atoms. The highest BCUT2D eigenvalue weighted by molar-refractivity contribution is 7.25. The van der Waals surface area contributed by atoms with Gasteiger partial charge >= 0.3 is 0 Å². The fourth-order valence-corrected chi connectivity index (χ4v) is 11.5. The highest BCUT2D eigenvalue weighted by Crippen LogP contribution is 2.50. The fourth-order valence-electron chi connectivity index (χ4n) is 10.4. The highest BCUT2D eigenvalue weighted by Gasteiger charge is 2.23. The Morgan fingerprint density at radius 1 is 0.293 bits per heavy atom. The summed E-state index contributed by atoms with van der Waals surface area (Å²) in [7, 11) is 0. The molecule has 0 spiro atoms. The zero-order chi connectivity index (χ0) is 37.6. The standard InChI is InChI=1S/C56H30OS/c1-2-9-36-31(8-1)17-25-50-54(36)46-24-23-45-40-20-16-32(28-47(40)39-12-5-6-13-43(39)55(45)56(46)57-50)33-18-26-51-48(29-33)49-30-34(19-27-52(49)58-51)35-21-22-44-38-11-4-3-10-37(38)42-15-7-14-41(35)53(42)44/h1-30H. The van der Waals surface area contributed by atoms with Crippen LogP contribution in [0.25, 0.3) is 140 Å². The van der Waals surface area contributed by atoms with E-state index in [0.717, 1.165) is 11.2 Å². The average Bonchev–Trinajstić information content (AvgIpc) is 3.96. The van der Waals surface area contributed by atoms with Crippen LogP contribution in [0.2, 0.25) is 0 Å². The summed E-state index contributed by atoms with van der Waals surface area (Å²) in [4.78, 5) is 0. The van der Waals surface area contributed by atoms with Crippen LogP contribution in [0.15, 0.2) is 186 Å². The molecule has 1 aliphatic carbocycles. The molecule has 0 N–H and O–H groups in total. The van der Waals surface area contributed by atoms with E-state index in [4.69, 9.17) is 4.42 Å². The molecule has 11 aromatic carbocycles. The molecule has 0 unspecified atom stereocenters. The van der Waals surface area contributed by atoms with Crippen LogP contribution in [0.1, 0.15) is 0 Å². The fraction of sp³-hybridized carbons (Fsp3) is 0. The van der Waals surface area contributed by atoms with E-state index in [1.807, 2.05) is 11.3 Å². The summed E-state index contributed by atoms with van der Waals surface area (Å²) in [6.45, 7) is 0. The second-order valence-electron chi connectivity index (χ2n) is 15.9. The van der Waals surface area contributed by atoms with Crippen molar-refractivity contribution in [3.8, 4) is 44.5 Å². The molecule has 1 nitrogen and oxygen atoms in total. The van der Waals surface area contributed by atoms with Gasteiger partial charge in [0.25, 0.3) is 0 Å². The van der Waals surface area contributed by atoms with Gasteiger partial charge in [-0.2, -0.15) is 0 Å². The third-order valence-electron chi connectivity index (χ3n) is 13.0. The van der Waals surface area contributed by atoms with Crippen molar-refractivity contribution in [1.29, 1.82) is 0 Å². The first-order valence-corrected chi connectivity index (χ1v) is 20.8. The first-order valence-electron chi connectivity index (χ1n) is 20.0. The molecule has 0 aliphatic heterocycles. The van der Waals surface area contributed by atoms with E-state index in [0.29, 0.717) is 0 Å². The van der Waals surface area contributed by atoms with E-state index in [1.165, 1.54) is 129 Å². The van der Waals surface area contributed by atoms with E-state index in [-0.39, 0.29) is 0 Å². The SMILES string of the molecule is c1ccc2c(c1)-c1cccc3c(-c4ccc5sc6ccc(-c7ccc8c(c7)c7ccccc7c7c8ccc8c7oc7ccc9ccccc9c78)cc6c5c4)ccc-2c13. The van der Waals surface area contributed by atoms with Crippen molar-refractivity contribution in [2.75, 3.05) is 0 Å². The Morgan fingerprint density at radius 2 is 0.862 bits per heavy atom. The number of fused-ring (bicyclic) bond motifs is 18. The van der Waals surface area contributed by atoms with Crippen molar-refractivity contribution < 1.29 is 4.42 Å². The maximum Gasteiger partial charge on any atom is 0.143 e. The normalized spacial score (nSPS) is 12.5. The van der Waals surface area contributed by atoms with Gasteiger partial charge in [0, 0.05) is 36.3 Å². The molecule has 0 bridgehead atoms. The lowest BCUT2D eigenvalue weighted by atomic mass is 9.90. The monoisotopic (exact) mass is 750 g/mol. The average molecular weight is 751 g/mol. The van der Waals surface area contributed by atoms with E-state index in [2.05, 4.69) is 182 Å². The molecule has 0 radical (unpaired) electrons. The summed E-state index contributed by atoms with van der Waals surface area (Å²) in [6, 6.07) is 67.7. The van der Waals surface area contributed by atoms with Gasteiger partial charge in [-0.05, 0) is 135 Å². The van der Waals surface area contributed by atoms with Crippen molar-refractivity contribution in [3.63, 3.8) is 0 Å². The van der Waals surface area contributed by atoms with Gasteiger partial charge < -0.3 is 4.42 Å². The molecular formula is C56H30OS. The topological polar surface area (TPSA) is 13.1 Å². The van der Waals surface area contributed by atoms with Crippen molar-refractivity contribution >= 4 is 107 Å². The van der Waals surface area contributed by atoms with E-state index >= 15 is 0 Å². The molecule has 2 heteroatoms. The molecule has 13 aromatic rings. The quantitative estimate of drug-likeness (QED) is 0.160. The molecule has 2 aromatic heterocycles. The minimum absolute atomic E-state index is 0.931. The predicted octanol–water partition coefficient (Wildman–Crippen LogP) is 16.7. The van der Waals surface area contributed by atoms with Gasteiger partial charge in [-0.3, -0.25) is 0 Å². The Balaban J connectivity index is 0.941. The van der Waals surface area contributed by atoms with E-state index in [1.54, 1.807) is 0 Å². The van der Waals surface area contributed by atoms with Gasteiger partial charge in [0.1, 0.15) is 11.2 Å². The lowest BCUT2D eigenvalue weighted by Gasteiger charge is -2.13. The van der Waals surface area contributed by atoms with Gasteiger partial charge in [0.05, 0.1) is 0 Å². The minimum atomic E-state index is 0.931. The first kappa shape index (κ1) is 30.9. The van der Waals surface area contributed by atoms with Crippen LogP contribution in [-0.4, -0.2) is 0 Å². The molecule has 0 saturated carbocycles. The summed E-state index contributed by atoms with van der Waals surface area (Å²) in [5.41, 5.74) is 12.2. The van der Waals surface area contributed by atoms with Gasteiger partial charge in [0.15, 0.2) is 0 Å². The molecule has 14 rings (SSSR count).